The molecule has 0 aliphatic carbocycles. The molecular weight excluding hydrogens is 701 g/mol. The van der Waals surface area contributed by atoms with Crippen molar-refractivity contribution >= 4 is 5.97 Å². The number of aliphatic hydroxyl groups is 1. The van der Waals surface area contributed by atoms with Gasteiger partial charge in [-0.15, -0.1) is 0 Å². The van der Waals surface area contributed by atoms with Crippen LogP contribution in [0.15, 0.2) is 146 Å². The lowest BCUT2D eigenvalue weighted by Gasteiger charge is -2.15. The fourth-order valence-corrected chi connectivity index (χ4v) is 5.39. The van der Waals surface area contributed by atoms with E-state index >= 15 is 0 Å². The first-order chi connectivity index (χ1) is 28.2. The second-order valence-corrected chi connectivity index (χ2v) is 14.0. The zero-order valence-electron chi connectivity index (χ0n) is 36.3. The molecular formula is C53H82O4. The Hall–Kier alpha value is -3.73. The van der Waals surface area contributed by atoms with Crippen LogP contribution in [0, 0.1) is 0 Å². The molecule has 1 unspecified atom stereocenters. The smallest absolute Gasteiger partial charge is 0.306 e. The molecule has 0 spiro atoms. The summed E-state index contributed by atoms with van der Waals surface area (Å²) in [4.78, 5) is 12.2. The first kappa shape index (κ1) is 53.3. The molecule has 4 heteroatoms. The SMILES string of the molecule is CC/C=C\C/C=C\C/C=C\C/C=C\C/C=C\C/C=C\CCCCCCCOCC(CO)OC(=O)CCCC/C=C\C/C=C\C/C=C\C/C=C\C/C=C\C/C=C\CC. The van der Waals surface area contributed by atoms with Gasteiger partial charge in [-0.1, -0.05) is 179 Å². The van der Waals surface area contributed by atoms with E-state index in [9.17, 15) is 9.90 Å². The van der Waals surface area contributed by atoms with Gasteiger partial charge in [0.1, 0.15) is 6.10 Å². The summed E-state index contributed by atoms with van der Waals surface area (Å²) in [7, 11) is 0. The van der Waals surface area contributed by atoms with Gasteiger partial charge < -0.3 is 14.6 Å². The van der Waals surface area contributed by atoms with Crippen LogP contribution < -0.4 is 0 Å². The first-order valence-electron chi connectivity index (χ1n) is 22.4. The third-order valence-electron chi connectivity index (χ3n) is 8.66. The van der Waals surface area contributed by atoms with Crippen molar-refractivity contribution in [3.05, 3.63) is 146 Å². The number of carbonyl (C=O) groups excluding carboxylic acids is 1. The average Bonchev–Trinajstić information content (AvgIpc) is 3.22. The molecule has 0 heterocycles. The van der Waals surface area contributed by atoms with E-state index in [0.29, 0.717) is 13.0 Å². The van der Waals surface area contributed by atoms with Gasteiger partial charge in [0.2, 0.25) is 0 Å². The molecule has 0 aromatic carbocycles. The molecule has 0 bridgehead atoms. The van der Waals surface area contributed by atoms with E-state index in [1.807, 2.05) is 0 Å². The summed E-state index contributed by atoms with van der Waals surface area (Å²) in [5.74, 6) is -0.257. The lowest BCUT2D eigenvalue weighted by Crippen LogP contribution is -2.27. The summed E-state index contributed by atoms with van der Waals surface area (Å²) in [6.45, 7) is 4.99. The summed E-state index contributed by atoms with van der Waals surface area (Å²) in [6.07, 6.45) is 74.8. The Balaban J connectivity index is 3.65. The number of rotatable bonds is 39. The number of hydrogen-bond acceptors (Lipinski definition) is 4. The fraction of sp³-hybridized carbons (Fsp3) is 0.528. The van der Waals surface area contributed by atoms with E-state index in [1.54, 1.807) is 0 Å². The van der Waals surface area contributed by atoms with Crippen molar-refractivity contribution < 1.29 is 19.4 Å². The van der Waals surface area contributed by atoms with Gasteiger partial charge >= 0.3 is 5.97 Å². The zero-order valence-corrected chi connectivity index (χ0v) is 36.3. The Morgan fingerprint density at radius 1 is 0.421 bits per heavy atom. The topological polar surface area (TPSA) is 55.8 Å². The lowest BCUT2D eigenvalue weighted by molar-refractivity contribution is -0.154. The van der Waals surface area contributed by atoms with Gasteiger partial charge in [0.05, 0.1) is 13.2 Å². The highest BCUT2D eigenvalue weighted by Gasteiger charge is 2.13. The van der Waals surface area contributed by atoms with Gasteiger partial charge in [0, 0.05) is 13.0 Å². The number of hydrogen-bond donors (Lipinski definition) is 1. The Bertz CT molecular complexity index is 1230. The third kappa shape index (κ3) is 46.5. The van der Waals surface area contributed by atoms with Gasteiger partial charge in [0.15, 0.2) is 0 Å². The minimum atomic E-state index is -0.581. The van der Waals surface area contributed by atoms with Crippen LogP contribution in [0.25, 0.3) is 0 Å². The minimum Gasteiger partial charge on any atom is -0.457 e. The van der Waals surface area contributed by atoms with E-state index in [4.69, 9.17) is 9.47 Å². The second-order valence-electron chi connectivity index (χ2n) is 14.0. The molecule has 318 valence electrons. The van der Waals surface area contributed by atoms with Crippen molar-refractivity contribution in [2.45, 2.75) is 161 Å². The Morgan fingerprint density at radius 2 is 0.737 bits per heavy atom. The highest BCUT2D eigenvalue weighted by atomic mass is 16.6. The summed E-state index contributed by atoms with van der Waals surface area (Å²) >= 11 is 0. The monoisotopic (exact) mass is 783 g/mol. The van der Waals surface area contributed by atoms with Crippen LogP contribution in [0.5, 0.6) is 0 Å². The molecule has 0 saturated carbocycles. The molecule has 0 saturated heterocycles. The zero-order chi connectivity index (χ0) is 41.2. The molecule has 57 heavy (non-hydrogen) atoms. The Morgan fingerprint density at radius 3 is 1.11 bits per heavy atom. The van der Waals surface area contributed by atoms with Crippen molar-refractivity contribution in [2.75, 3.05) is 19.8 Å². The second kappa shape index (κ2) is 48.4. The van der Waals surface area contributed by atoms with Crippen LogP contribution in [0.1, 0.15) is 155 Å². The van der Waals surface area contributed by atoms with Gasteiger partial charge in [0.25, 0.3) is 0 Å². The summed E-state index contributed by atoms with van der Waals surface area (Å²) in [6, 6.07) is 0. The molecule has 0 fully saturated rings. The van der Waals surface area contributed by atoms with Gasteiger partial charge in [-0.05, 0) is 116 Å². The molecule has 0 aromatic heterocycles. The van der Waals surface area contributed by atoms with Gasteiger partial charge in [-0.2, -0.15) is 0 Å². The third-order valence-corrected chi connectivity index (χ3v) is 8.66. The predicted octanol–water partition coefficient (Wildman–Crippen LogP) is 15.2. The van der Waals surface area contributed by atoms with Crippen molar-refractivity contribution in [3.63, 3.8) is 0 Å². The van der Waals surface area contributed by atoms with Crippen LogP contribution in [0.4, 0.5) is 0 Å². The number of ether oxygens (including phenoxy) is 2. The number of unbranched alkanes of at least 4 members (excludes halogenated alkanes) is 7. The number of aliphatic hydroxyl groups excluding tert-OH is 1. The highest BCUT2D eigenvalue weighted by Crippen LogP contribution is 2.08. The van der Waals surface area contributed by atoms with Crippen LogP contribution >= 0.6 is 0 Å². The molecule has 4 nitrogen and oxygen atoms in total. The molecule has 0 rings (SSSR count). The van der Waals surface area contributed by atoms with Crippen molar-refractivity contribution in [1.29, 1.82) is 0 Å². The van der Waals surface area contributed by atoms with Crippen molar-refractivity contribution in [1.82, 2.24) is 0 Å². The summed E-state index contributed by atoms with van der Waals surface area (Å²) in [5.41, 5.74) is 0. The van der Waals surface area contributed by atoms with Crippen molar-refractivity contribution in [2.24, 2.45) is 0 Å². The van der Waals surface area contributed by atoms with Gasteiger partial charge in [-0.3, -0.25) is 4.79 Å². The largest absolute Gasteiger partial charge is 0.457 e. The van der Waals surface area contributed by atoms with Crippen LogP contribution in [0.3, 0.4) is 0 Å². The number of carbonyl (C=O) groups is 1. The summed E-state index contributed by atoms with van der Waals surface area (Å²) < 4.78 is 11.1. The number of allylic oxidation sites excluding steroid dienone is 24. The summed E-state index contributed by atoms with van der Waals surface area (Å²) in [5, 5.41) is 9.62. The van der Waals surface area contributed by atoms with Crippen LogP contribution in [-0.4, -0.2) is 37.0 Å². The lowest BCUT2D eigenvalue weighted by atomic mass is 10.1. The number of esters is 1. The molecule has 0 aliphatic heterocycles. The standard InChI is InChI=1S/C53H82O4/c1-3-5-7-9-11-13-15-17-19-21-23-25-26-27-29-31-33-35-37-39-41-43-45-47-49-56-51-52(50-54)57-53(55)48-46-44-42-40-38-36-34-32-30-28-24-22-20-18-16-14-12-10-8-6-4-2/h5-8,11-14,17-20,23-25,27-29,32-35,38,40,52,54H,3-4,9-10,15-16,21-22,26,30-31,36-37,39,41-51H2,1-2H3/b7-5-,8-6-,13-11-,14-12-,19-17-,20-18-,25-23-,28-24-,29-27-,34-32-,35-33-,40-38-. The maximum Gasteiger partial charge on any atom is 0.306 e. The highest BCUT2D eigenvalue weighted by molar-refractivity contribution is 5.69. The molecule has 0 radical (unpaired) electrons. The van der Waals surface area contributed by atoms with Gasteiger partial charge in [-0.25, -0.2) is 0 Å². The Kier molecular flexibility index (Phi) is 45.3. The molecule has 0 amide bonds. The van der Waals surface area contributed by atoms with E-state index < -0.39 is 6.10 Å². The average molecular weight is 783 g/mol. The van der Waals surface area contributed by atoms with E-state index in [-0.39, 0.29) is 19.2 Å². The predicted molar refractivity (Wildman–Crippen MR) is 250 cm³/mol. The Labute approximate surface area is 351 Å². The maximum atomic E-state index is 12.2. The normalized spacial score (nSPS) is 13.8. The molecule has 0 aliphatic rings. The molecule has 1 atom stereocenters. The minimum absolute atomic E-state index is 0.209. The quantitative estimate of drug-likeness (QED) is 0.0383. The van der Waals surface area contributed by atoms with Crippen molar-refractivity contribution in [3.8, 4) is 0 Å². The fourth-order valence-electron chi connectivity index (χ4n) is 5.39. The first-order valence-corrected chi connectivity index (χ1v) is 22.4. The van der Waals surface area contributed by atoms with E-state index in [0.717, 1.165) is 116 Å². The maximum absolute atomic E-state index is 12.2. The molecule has 0 aromatic rings. The van der Waals surface area contributed by atoms with Crippen LogP contribution in [-0.2, 0) is 14.3 Å². The van der Waals surface area contributed by atoms with Crippen LogP contribution in [0.2, 0.25) is 0 Å². The molecule has 1 N–H and O–H groups in total. The van der Waals surface area contributed by atoms with E-state index in [2.05, 4.69) is 160 Å². The van der Waals surface area contributed by atoms with E-state index in [1.165, 1.54) is 19.3 Å².